The predicted octanol–water partition coefficient (Wildman–Crippen LogP) is 2.92. The number of imidazole rings is 1. The van der Waals surface area contributed by atoms with Crippen LogP contribution in [0.2, 0.25) is 0 Å². The van der Waals surface area contributed by atoms with Gasteiger partial charge < -0.3 is 24.4 Å². The van der Waals surface area contributed by atoms with E-state index in [0.717, 1.165) is 55.3 Å². The number of rotatable bonds is 3. The highest BCUT2D eigenvalue weighted by atomic mass is 32.1. The molecule has 5 rings (SSSR count). The van der Waals surface area contributed by atoms with Gasteiger partial charge in [0.2, 0.25) is 0 Å². The molecule has 4 heterocycles. The first-order valence-corrected chi connectivity index (χ1v) is 11.6. The second kappa shape index (κ2) is 10.2. The Hall–Kier alpha value is -3.08. The van der Waals surface area contributed by atoms with Gasteiger partial charge in [0, 0.05) is 32.0 Å². The van der Waals surface area contributed by atoms with Crippen molar-refractivity contribution in [2.75, 3.05) is 20.1 Å². The number of aryl methyl sites for hydroxylation is 2. The number of hydrogen-bond acceptors (Lipinski definition) is 7. The number of piperidine rings is 1. The molecule has 1 fully saturated rings. The number of carbonyl (C=O) groups is 2. The molecule has 2 N–H and O–H groups in total. The number of benzene rings is 1. The van der Waals surface area contributed by atoms with E-state index in [-0.39, 0.29) is 12.2 Å². The second-order valence-electron chi connectivity index (χ2n) is 8.12. The molecule has 2 aliphatic rings. The van der Waals surface area contributed by atoms with Gasteiger partial charge in [0.25, 0.3) is 0 Å². The van der Waals surface area contributed by atoms with Crippen molar-refractivity contribution in [2.24, 2.45) is 0 Å². The molecule has 9 nitrogen and oxygen atoms in total. The lowest BCUT2D eigenvalue weighted by Gasteiger charge is -2.32. The molecule has 0 amide bonds. The van der Waals surface area contributed by atoms with Crippen LogP contribution in [0.3, 0.4) is 0 Å². The van der Waals surface area contributed by atoms with Crippen molar-refractivity contribution in [3.63, 3.8) is 0 Å². The van der Waals surface area contributed by atoms with E-state index in [1.165, 1.54) is 11.1 Å². The van der Waals surface area contributed by atoms with Gasteiger partial charge in [-0.15, -0.1) is 11.3 Å². The van der Waals surface area contributed by atoms with Crippen LogP contribution >= 0.6 is 11.3 Å². The maximum atomic E-state index is 9.10. The van der Waals surface area contributed by atoms with Gasteiger partial charge in [0.05, 0.1) is 16.5 Å². The topological polar surface area (TPSA) is 118 Å². The Morgan fingerprint density at radius 3 is 2.52 bits per heavy atom. The van der Waals surface area contributed by atoms with Crippen LogP contribution in [0.25, 0.3) is 10.6 Å². The van der Waals surface area contributed by atoms with Gasteiger partial charge in [-0.3, -0.25) is 4.98 Å². The average molecular weight is 471 g/mol. The number of aromatic nitrogens is 3. The quantitative estimate of drug-likeness (QED) is 0.561. The number of likely N-dealkylation sites (tertiary alicyclic amines) is 1. The van der Waals surface area contributed by atoms with Crippen LogP contribution in [0.5, 0.6) is 0 Å². The molecule has 0 aliphatic carbocycles. The monoisotopic (exact) mass is 470 g/mol. The fraction of sp³-hybridized carbons (Fsp3) is 0.391. The number of ether oxygens (including phenoxy) is 1. The number of carboxylic acids is 2. The highest BCUT2D eigenvalue weighted by Crippen LogP contribution is 2.36. The van der Waals surface area contributed by atoms with Gasteiger partial charge >= 0.3 is 11.9 Å². The van der Waals surface area contributed by atoms with Gasteiger partial charge in [0.15, 0.2) is 0 Å². The van der Waals surface area contributed by atoms with Crippen LogP contribution in [0.4, 0.5) is 0 Å². The van der Waals surface area contributed by atoms with Crippen LogP contribution in [0, 0.1) is 0 Å². The van der Waals surface area contributed by atoms with E-state index in [0.29, 0.717) is 0 Å². The molecule has 2 aliphatic heterocycles. The SMILES string of the molecule is CN1CCC(OC2c3ccccc3CCn3cc(-c4cncs4)nc32)CC1.O=C(O)C(=O)O. The van der Waals surface area contributed by atoms with E-state index < -0.39 is 11.9 Å². The van der Waals surface area contributed by atoms with Crippen molar-refractivity contribution in [3.8, 4) is 10.6 Å². The lowest BCUT2D eigenvalue weighted by molar-refractivity contribution is -0.159. The number of carboxylic acid groups (broad SMARTS) is 2. The molecule has 1 saturated heterocycles. The van der Waals surface area contributed by atoms with Gasteiger partial charge in [0.1, 0.15) is 17.6 Å². The number of hydrogen-bond donors (Lipinski definition) is 2. The Bertz CT molecular complexity index is 1090. The van der Waals surface area contributed by atoms with E-state index in [1.807, 2.05) is 11.7 Å². The van der Waals surface area contributed by atoms with Crippen LogP contribution in [0.1, 0.15) is 35.9 Å². The minimum absolute atomic E-state index is 0.0984. The van der Waals surface area contributed by atoms with Gasteiger partial charge in [-0.1, -0.05) is 24.3 Å². The van der Waals surface area contributed by atoms with E-state index in [9.17, 15) is 0 Å². The summed E-state index contributed by atoms with van der Waals surface area (Å²) in [5, 5.41) is 14.8. The smallest absolute Gasteiger partial charge is 0.414 e. The molecule has 0 saturated carbocycles. The molecule has 1 atom stereocenters. The van der Waals surface area contributed by atoms with Crippen molar-refractivity contribution in [2.45, 2.75) is 38.0 Å². The molecule has 33 heavy (non-hydrogen) atoms. The van der Waals surface area contributed by atoms with Gasteiger partial charge in [-0.25, -0.2) is 14.6 Å². The van der Waals surface area contributed by atoms with Gasteiger partial charge in [-0.2, -0.15) is 0 Å². The molecule has 10 heteroatoms. The Balaban J connectivity index is 0.000000385. The highest BCUT2D eigenvalue weighted by molar-refractivity contribution is 7.13. The van der Waals surface area contributed by atoms with Crippen molar-refractivity contribution < 1.29 is 24.5 Å². The summed E-state index contributed by atoms with van der Waals surface area (Å²) in [5.41, 5.74) is 5.52. The zero-order chi connectivity index (χ0) is 23.4. The molecular formula is C23H26N4O5S. The molecule has 1 aromatic carbocycles. The minimum Gasteiger partial charge on any atom is -0.473 e. The van der Waals surface area contributed by atoms with Crippen LogP contribution < -0.4 is 0 Å². The number of thiazole rings is 1. The summed E-state index contributed by atoms with van der Waals surface area (Å²) < 4.78 is 9.01. The molecular weight excluding hydrogens is 444 g/mol. The number of aliphatic carboxylic acids is 2. The summed E-state index contributed by atoms with van der Waals surface area (Å²) in [7, 11) is 2.19. The standard InChI is InChI=1S/C21H24N4OS.C2H2O4/c1-24-9-7-16(8-10-24)26-20-17-5-3-2-4-15(17)6-11-25-13-18(23-21(20)25)19-12-22-14-27-19;3-1(4)2(5)6/h2-5,12-14,16,20H,6-11H2,1H3;(H,3,4)(H,5,6). The fourth-order valence-electron chi connectivity index (χ4n) is 4.12. The minimum atomic E-state index is -1.82. The molecule has 0 bridgehead atoms. The summed E-state index contributed by atoms with van der Waals surface area (Å²) in [4.78, 5) is 30.9. The maximum Gasteiger partial charge on any atom is 0.414 e. The van der Waals surface area contributed by atoms with Crippen molar-refractivity contribution >= 4 is 23.3 Å². The first-order chi connectivity index (χ1) is 15.9. The largest absolute Gasteiger partial charge is 0.473 e. The molecule has 174 valence electrons. The van der Waals surface area contributed by atoms with E-state index >= 15 is 0 Å². The van der Waals surface area contributed by atoms with E-state index in [1.54, 1.807) is 11.3 Å². The van der Waals surface area contributed by atoms with Crippen LogP contribution in [0.15, 0.2) is 42.2 Å². The molecule has 3 aromatic rings. The highest BCUT2D eigenvalue weighted by Gasteiger charge is 2.30. The lowest BCUT2D eigenvalue weighted by atomic mass is 10.00. The van der Waals surface area contributed by atoms with Crippen molar-refractivity contribution in [3.05, 3.63) is 59.1 Å². The molecule has 0 radical (unpaired) electrons. The first kappa shape index (κ1) is 23.1. The van der Waals surface area contributed by atoms with E-state index in [4.69, 9.17) is 29.5 Å². The van der Waals surface area contributed by atoms with E-state index in [2.05, 4.69) is 52.0 Å². The third kappa shape index (κ3) is 5.47. The van der Waals surface area contributed by atoms with Crippen LogP contribution in [-0.4, -0.2) is 67.8 Å². The predicted molar refractivity (Wildman–Crippen MR) is 122 cm³/mol. The summed E-state index contributed by atoms with van der Waals surface area (Å²) in [5.74, 6) is -2.62. The Morgan fingerprint density at radius 1 is 1.12 bits per heavy atom. The normalized spacial score (nSPS) is 18.4. The second-order valence-corrected chi connectivity index (χ2v) is 9.01. The van der Waals surface area contributed by atoms with Crippen molar-refractivity contribution in [1.82, 2.24) is 19.4 Å². The summed E-state index contributed by atoms with van der Waals surface area (Å²) in [6.45, 7) is 3.13. The zero-order valence-electron chi connectivity index (χ0n) is 18.3. The van der Waals surface area contributed by atoms with Crippen LogP contribution in [-0.2, 0) is 27.3 Å². The van der Waals surface area contributed by atoms with Crippen molar-refractivity contribution in [1.29, 1.82) is 0 Å². The summed E-state index contributed by atoms with van der Waals surface area (Å²) >= 11 is 1.63. The average Bonchev–Trinajstić information content (AvgIpc) is 3.46. The molecule has 2 aromatic heterocycles. The lowest BCUT2D eigenvalue weighted by Crippen LogP contribution is -2.35. The number of nitrogens with zero attached hydrogens (tertiary/aromatic N) is 4. The molecule has 1 unspecified atom stereocenters. The molecule has 0 spiro atoms. The Labute approximate surface area is 195 Å². The third-order valence-corrected chi connectivity index (χ3v) is 6.66. The first-order valence-electron chi connectivity index (χ1n) is 10.8. The Kier molecular flexibility index (Phi) is 7.17. The van der Waals surface area contributed by atoms with Gasteiger partial charge in [-0.05, 0) is 37.4 Å². The third-order valence-electron chi connectivity index (χ3n) is 5.86. The fourth-order valence-corrected chi connectivity index (χ4v) is 4.70. The Morgan fingerprint density at radius 2 is 1.85 bits per heavy atom. The number of fused-ring (bicyclic) bond motifs is 2. The zero-order valence-corrected chi connectivity index (χ0v) is 19.1. The summed E-state index contributed by atoms with van der Waals surface area (Å²) in [6.07, 6.45) is 7.42. The maximum absolute atomic E-state index is 9.10. The summed E-state index contributed by atoms with van der Waals surface area (Å²) in [6, 6.07) is 8.69.